The number of halogens is 1. The van der Waals surface area contributed by atoms with E-state index < -0.39 is 6.17 Å². The average molecular weight is 229 g/mol. The highest BCUT2D eigenvalue weighted by Crippen LogP contribution is 2.43. The topological polar surface area (TPSA) is 3.24 Å². The normalized spacial score (nSPS) is 31.3. The van der Waals surface area contributed by atoms with Gasteiger partial charge >= 0.3 is 0 Å². The number of alkyl halides is 1. The van der Waals surface area contributed by atoms with E-state index in [0.717, 1.165) is 19.4 Å². The maximum Gasteiger partial charge on any atom is 0.116 e. The van der Waals surface area contributed by atoms with Crippen LogP contribution in [0.1, 0.15) is 52.9 Å². The van der Waals surface area contributed by atoms with Crippen LogP contribution in [0.15, 0.2) is 0 Å². The molecular weight excluding hydrogens is 201 g/mol. The third kappa shape index (κ3) is 3.19. The highest BCUT2D eigenvalue weighted by Gasteiger charge is 2.40. The van der Waals surface area contributed by atoms with Crippen LogP contribution in [0.5, 0.6) is 0 Å². The fourth-order valence-corrected chi connectivity index (χ4v) is 3.05. The summed E-state index contributed by atoms with van der Waals surface area (Å²) < 4.78 is 14.2. The van der Waals surface area contributed by atoms with Gasteiger partial charge in [0.15, 0.2) is 0 Å². The van der Waals surface area contributed by atoms with Crippen molar-refractivity contribution in [3.63, 3.8) is 0 Å². The van der Waals surface area contributed by atoms with Crippen LogP contribution in [-0.4, -0.2) is 31.2 Å². The van der Waals surface area contributed by atoms with Crippen molar-refractivity contribution in [3.8, 4) is 0 Å². The van der Waals surface area contributed by atoms with E-state index in [-0.39, 0.29) is 11.3 Å². The van der Waals surface area contributed by atoms with E-state index in [0.29, 0.717) is 6.54 Å². The first kappa shape index (κ1) is 14.0. The molecule has 0 spiro atoms. The third-order valence-electron chi connectivity index (χ3n) is 4.55. The molecule has 0 aromatic rings. The Morgan fingerprint density at radius 2 is 2.06 bits per heavy atom. The van der Waals surface area contributed by atoms with Gasteiger partial charge in [-0.25, -0.2) is 4.39 Å². The summed E-state index contributed by atoms with van der Waals surface area (Å²) in [5, 5.41) is 0. The summed E-state index contributed by atoms with van der Waals surface area (Å²) in [6, 6.07) is 0. The van der Waals surface area contributed by atoms with Crippen LogP contribution in [0, 0.1) is 11.3 Å². The maximum absolute atomic E-state index is 14.2. The standard InChI is InChI=1S/C14H28FN/c1-5-7-9-14(3,6-2)12-8-10-16(4)11-13(12)15/h12-13H,5-11H2,1-4H3. The van der Waals surface area contributed by atoms with Crippen molar-refractivity contribution >= 4 is 0 Å². The zero-order valence-corrected chi connectivity index (χ0v) is 11.4. The molecule has 1 aliphatic rings. The number of hydrogen-bond acceptors (Lipinski definition) is 1. The lowest BCUT2D eigenvalue weighted by atomic mass is 9.67. The van der Waals surface area contributed by atoms with Gasteiger partial charge in [0, 0.05) is 6.54 Å². The van der Waals surface area contributed by atoms with Crippen molar-refractivity contribution in [1.82, 2.24) is 4.90 Å². The Labute approximate surface area is 100 Å². The predicted molar refractivity (Wildman–Crippen MR) is 68.4 cm³/mol. The van der Waals surface area contributed by atoms with Crippen molar-refractivity contribution in [2.24, 2.45) is 11.3 Å². The lowest BCUT2D eigenvalue weighted by Gasteiger charge is -2.43. The molecule has 3 atom stereocenters. The third-order valence-corrected chi connectivity index (χ3v) is 4.55. The Balaban J connectivity index is 2.63. The molecule has 0 N–H and O–H groups in total. The van der Waals surface area contributed by atoms with Crippen molar-refractivity contribution < 1.29 is 4.39 Å². The molecule has 0 amide bonds. The van der Waals surface area contributed by atoms with E-state index in [1.807, 2.05) is 7.05 Å². The summed E-state index contributed by atoms with van der Waals surface area (Å²) in [6.07, 6.45) is 5.17. The molecule has 0 aromatic heterocycles. The van der Waals surface area contributed by atoms with Crippen LogP contribution < -0.4 is 0 Å². The maximum atomic E-state index is 14.2. The van der Waals surface area contributed by atoms with Crippen LogP contribution in [0.3, 0.4) is 0 Å². The molecule has 1 saturated heterocycles. The Kier molecular flexibility index (Phi) is 5.23. The number of unbranched alkanes of at least 4 members (excludes halogenated alkanes) is 1. The molecule has 1 aliphatic heterocycles. The summed E-state index contributed by atoms with van der Waals surface area (Å²) in [4.78, 5) is 2.12. The Hall–Kier alpha value is -0.110. The average Bonchev–Trinajstić information content (AvgIpc) is 2.26. The zero-order chi connectivity index (χ0) is 12.2. The zero-order valence-electron chi connectivity index (χ0n) is 11.4. The van der Waals surface area contributed by atoms with Crippen molar-refractivity contribution in [2.45, 2.75) is 59.0 Å². The number of hydrogen-bond donors (Lipinski definition) is 0. The number of likely N-dealkylation sites (tertiary alicyclic amines) is 1. The Morgan fingerprint density at radius 1 is 1.38 bits per heavy atom. The fraction of sp³-hybridized carbons (Fsp3) is 1.00. The van der Waals surface area contributed by atoms with Gasteiger partial charge in [-0.1, -0.05) is 40.0 Å². The first-order valence-electron chi connectivity index (χ1n) is 6.86. The Morgan fingerprint density at radius 3 is 2.56 bits per heavy atom. The minimum atomic E-state index is -0.624. The van der Waals surface area contributed by atoms with Crippen molar-refractivity contribution in [3.05, 3.63) is 0 Å². The van der Waals surface area contributed by atoms with Crippen LogP contribution in [0.4, 0.5) is 4.39 Å². The van der Waals surface area contributed by atoms with Crippen molar-refractivity contribution in [1.29, 1.82) is 0 Å². The summed E-state index contributed by atoms with van der Waals surface area (Å²) in [5.74, 6) is 0.278. The second-order valence-corrected chi connectivity index (χ2v) is 5.78. The molecule has 16 heavy (non-hydrogen) atoms. The second-order valence-electron chi connectivity index (χ2n) is 5.78. The first-order chi connectivity index (χ1) is 7.53. The molecule has 2 heteroatoms. The van der Waals surface area contributed by atoms with E-state index in [4.69, 9.17) is 0 Å². The van der Waals surface area contributed by atoms with Gasteiger partial charge < -0.3 is 4.90 Å². The monoisotopic (exact) mass is 229 g/mol. The quantitative estimate of drug-likeness (QED) is 0.691. The molecule has 3 unspecified atom stereocenters. The van der Waals surface area contributed by atoms with Gasteiger partial charge in [-0.15, -0.1) is 0 Å². The summed E-state index contributed by atoms with van der Waals surface area (Å²) in [5.41, 5.74) is 0.219. The molecule has 0 radical (unpaired) electrons. The summed E-state index contributed by atoms with van der Waals surface area (Å²) >= 11 is 0. The summed E-state index contributed by atoms with van der Waals surface area (Å²) in [6.45, 7) is 8.43. The van der Waals surface area contributed by atoms with Crippen molar-refractivity contribution in [2.75, 3.05) is 20.1 Å². The molecule has 1 heterocycles. The van der Waals surface area contributed by atoms with E-state index in [1.54, 1.807) is 0 Å². The molecule has 1 rings (SSSR count). The number of piperidine rings is 1. The lowest BCUT2D eigenvalue weighted by molar-refractivity contribution is 0.0104. The molecule has 0 bridgehead atoms. The SMILES string of the molecule is CCCCC(C)(CC)C1CCN(C)CC1F. The highest BCUT2D eigenvalue weighted by molar-refractivity contribution is 4.90. The van der Waals surface area contributed by atoms with E-state index in [9.17, 15) is 4.39 Å². The molecule has 0 saturated carbocycles. The van der Waals surface area contributed by atoms with Gasteiger partial charge in [0.05, 0.1) is 0 Å². The van der Waals surface area contributed by atoms with Gasteiger partial charge in [-0.3, -0.25) is 0 Å². The van der Waals surface area contributed by atoms with E-state index in [2.05, 4.69) is 25.7 Å². The van der Waals surface area contributed by atoms with E-state index in [1.165, 1.54) is 19.3 Å². The van der Waals surface area contributed by atoms with Crippen LogP contribution in [0.25, 0.3) is 0 Å². The molecule has 1 fully saturated rings. The Bertz CT molecular complexity index is 207. The minimum Gasteiger partial charge on any atom is -0.303 e. The molecule has 96 valence electrons. The van der Waals surface area contributed by atoms with E-state index >= 15 is 0 Å². The number of rotatable bonds is 5. The van der Waals surface area contributed by atoms with Gasteiger partial charge in [0.2, 0.25) is 0 Å². The smallest absolute Gasteiger partial charge is 0.116 e. The van der Waals surface area contributed by atoms with Gasteiger partial charge in [-0.05, 0) is 37.8 Å². The van der Waals surface area contributed by atoms with Crippen LogP contribution in [0.2, 0.25) is 0 Å². The van der Waals surface area contributed by atoms with Gasteiger partial charge in [0.25, 0.3) is 0 Å². The second kappa shape index (κ2) is 6.00. The highest BCUT2D eigenvalue weighted by atomic mass is 19.1. The lowest BCUT2D eigenvalue weighted by Crippen LogP contribution is -2.46. The minimum absolute atomic E-state index is 0.219. The molecule has 0 aromatic carbocycles. The predicted octanol–water partition coefficient (Wildman–Crippen LogP) is 3.88. The largest absolute Gasteiger partial charge is 0.303 e. The molecule has 1 nitrogen and oxygen atoms in total. The molecule has 0 aliphatic carbocycles. The van der Waals surface area contributed by atoms with Gasteiger partial charge in [-0.2, -0.15) is 0 Å². The van der Waals surface area contributed by atoms with Gasteiger partial charge in [0.1, 0.15) is 6.17 Å². The number of nitrogens with zero attached hydrogens (tertiary/aromatic N) is 1. The summed E-state index contributed by atoms with van der Waals surface area (Å²) in [7, 11) is 2.03. The van der Waals surface area contributed by atoms with Crippen LogP contribution >= 0.6 is 0 Å². The first-order valence-corrected chi connectivity index (χ1v) is 6.86. The molecular formula is C14H28FN. The fourth-order valence-electron chi connectivity index (χ4n) is 3.05. The van der Waals surface area contributed by atoms with Crippen LogP contribution in [-0.2, 0) is 0 Å².